The summed E-state index contributed by atoms with van der Waals surface area (Å²) in [6.07, 6.45) is 3.51. The number of carboxylic acids is 1. The minimum absolute atomic E-state index is 0.194. The van der Waals surface area contributed by atoms with Crippen molar-refractivity contribution in [3.63, 3.8) is 0 Å². The van der Waals surface area contributed by atoms with E-state index in [2.05, 4.69) is 5.10 Å². The van der Waals surface area contributed by atoms with Crippen LogP contribution in [-0.4, -0.2) is 15.7 Å². The van der Waals surface area contributed by atoms with Gasteiger partial charge >= 0.3 is 0 Å². The summed E-state index contributed by atoms with van der Waals surface area (Å²) in [5.41, 5.74) is 1.08. The zero-order valence-electron chi connectivity index (χ0n) is 7.96. The standard InChI is InChI=1S/C11H10N2O2/c14-11(15)10-4-1-3-9(7-10)8-13-6-2-5-12-13/h1-7H,8H2,(H,14,15)/p-1. The third kappa shape index (κ3) is 2.22. The van der Waals surface area contributed by atoms with E-state index in [0.717, 1.165) is 5.56 Å². The van der Waals surface area contributed by atoms with Gasteiger partial charge in [0.05, 0.1) is 12.5 Å². The molecule has 0 amide bonds. The third-order valence-corrected chi connectivity index (χ3v) is 2.07. The van der Waals surface area contributed by atoms with E-state index in [1.807, 2.05) is 18.3 Å². The average molecular weight is 201 g/mol. The predicted octanol–water partition coefficient (Wildman–Crippen LogP) is 0.295. The van der Waals surface area contributed by atoms with Gasteiger partial charge in [-0.2, -0.15) is 5.10 Å². The van der Waals surface area contributed by atoms with Gasteiger partial charge in [-0.3, -0.25) is 4.68 Å². The summed E-state index contributed by atoms with van der Waals surface area (Å²) in [4.78, 5) is 10.6. The molecule has 4 nitrogen and oxygen atoms in total. The summed E-state index contributed by atoms with van der Waals surface area (Å²) in [6.45, 7) is 0.564. The smallest absolute Gasteiger partial charge is 0.0715 e. The molecule has 0 radical (unpaired) electrons. The van der Waals surface area contributed by atoms with Crippen molar-refractivity contribution < 1.29 is 9.90 Å². The van der Waals surface area contributed by atoms with E-state index in [1.165, 1.54) is 6.07 Å². The van der Waals surface area contributed by atoms with Gasteiger partial charge in [-0.1, -0.05) is 18.2 Å². The maximum absolute atomic E-state index is 10.6. The lowest BCUT2D eigenvalue weighted by molar-refractivity contribution is -0.255. The summed E-state index contributed by atoms with van der Waals surface area (Å²) in [5.74, 6) is -1.16. The summed E-state index contributed by atoms with van der Waals surface area (Å²) < 4.78 is 1.73. The highest BCUT2D eigenvalue weighted by Gasteiger charge is 1.97. The van der Waals surface area contributed by atoms with Crippen molar-refractivity contribution in [1.82, 2.24) is 9.78 Å². The molecular formula is C11H9N2O2-. The van der Waals surface area contributed by atoms with E-state index >= 15 is 0 Å². The zero-order valence-corrected chi connectivity index (χ0v) is 7.96. The van der Waals surface area contributed by atoms with Crippen LogP contribution in [0.25, 0.3) is 0 Å². The summed E-state index contributed by atoms with van der Waals surface area (Å²) in [7, 11) is 0. The average Bonchev–Trinajstić information content (AvgIpc) is 2.71. The molecule has 76 valence electrons. The molecule has 15 heavy (non-hydrogen) atoms. The summed E-state index contributed by atoms with van der Waals surface area (Å²) in [6, 6.07) is 8.49. The van der Waals surface area contributed by atoms with Gasteiger partial charge in [0, 0.05) is 12.4 Å². The molecule has 0 aliphatic carbocycles. The van der Waals surface area contributed by atoms with E-state index in [-0.39, 0.29) is 5.56 Å². The number of carboxylic acid groups (broad SMARTS) is 1. The van der Waals surface area contributed by atoms with Crippen LogP contribution in [0.2, 0.25) is 0 Å². The molecule has 0 unspecified atom stereocenters. The Morgan fingerprint density at radius 3 is 2.93 bits per heavy atom. The van der Waals surface area contributed by atoms with E-state index in [4.69, 9.17) is 0 Å². The molecule has 0 aliphatic rings. The molecule has 2 rings (SSSR count). The Kier molecular flexibility index (Phi) is 2.49. The van der Waals surface area contributed by atoms with Gasteiger partial charge in [0.15, 0.2) is 0 Å². The van der Waals surface area contributed by atoms with Crippen molar-refractivity contribution in [3.8, 4) is 0 Å². The molecule has 1 aromatic heterocycles. The minimum Gasteiger partial charge on any atom is -0.545 e. The lowest BCUT2D eigenvalue weighted by Crippen LogP contribution is -2.22. The normalized spacial score (nSPS) is 10.1. The Morgan fingerprint density at radius 2 is 2.27 bits per heavy atom. The quantitative estimate of drug-likeness (QED) is 0.717. The largest absolute Gasteiger partial charge is 0.545 e. The minimum atomic E-state index is -1.16. The van der Waals surface area contributed by atoms with Crippen LogP contribution in [0.1, 0.15) is 15.9 Å². The number of carbonyl (C=O) groups is 1. The summed E-state index contributed by atoms with van der Waals surface area (Å²) >= 11 is 0. The van der Waals surface area contributed by atoms with Crippen molar-refractivity contribution in [2.45, 2.75) is 6.54 Å². The Balaban J connectivity index is 2.22. The molecule has 0 saturated carbocycles. The van der Waals surface area contributed by atoms with Crippen molar-refractivity contribution >= 4 is 5.97 Å². The SMILES string of the molecule is O=C([O-])c1cccc(Cn2cccn2)c1. The maximum atomic E-state index is 10.6. The Bertz CT molecular complexity index is 463. The molecule has 4 heteroatoms. The van der Waals surface area contributed by atoms with Crippen molar-refractivity contribution in [1.29, 1.82) is 0 Å². The highest BCUT2D eigenvalue weighted by Crippen LogP contribution is 2.05. The molecule has 0 fully saturated rings. The van der Waals surface area contributed by atoms with Gasteiger partial charge < -0.3 is 9.90 Å². The molecular weight excluding hydrogens is 192 g/mol. The van der Waals surface area contributed by atoms with Crippen LogP contribution in [0.5, 0.6) is 0 Å². The topological polar surface area (TPSA) is 57.9 Å². The van der Waals surface area contributed by atoms with Gasteiger partial charge in [0.2, 0.25) is 0 Å². The zero-order chi connectivity index (χ0) is 10.7. The molecule has 2 aromatic rings. The number of benzene rings is 1. The highest BCUT2D eigenvalue weighted by molar-refractivity contribution is 5.85. The number of nitrogens with zero attached hydrogens (tertiary/aromatic N) is 2. The van der Waals surface area contributed by atoms with Gasteiger partial charge in [-0.15, -0.1) is 0 Å². The lowest BCUT2D eigenvalue weighted by atomic mass is 10.1. The first-order chi connectivity index (χ1) is 7.25. The number of aromatic carboxylic acids is 1. The Labute approximate surface area is 86.8 Å². The molecule has 0 bridgehead atoms. The Hall–Kier alpha value is -2.10. The van der Waals surface area contributed by atoms with E-state index < -0.39 is 5.97 Å². The van der Waals surface area contributed by atoms with Crippen LogP contribution in [0.15, 0.2) is 42.7 Å². The number of hydrogen-bond acceptors (Lipinski definition) is 3. The molecule has 0 atom stereocenters. The van der Waals surface area contributed by atoms with E-state index in [1.54, 1.807) is 23.0 Å². The fourth-order valence-corrected chi connectivity index (χ4v) is 1.38. The van der Waals surface area contributed by atoms with Crippen LogP contribution in [0.3, 0.4) is 0 Å². The first kappa shape index (κ1) is 9.45. The number of hydrogen-bond donors (Lipinski definition) is 0. The van der Waals surface area contributed by atoms with Crippen LogP contribution in [-0.2, 0) is 6.54 Å². The van der Waals surface area contributed by atoms with Crippen LogP contribution in [0, 0.1) is 0 Å². The number of rotatable bonds is 3. The van der Waals surface area contributed by atoms with E-state index in [9.17, 15) is 9.90 Å². The molecule has 1 aromatic carbocycles. The van der Waals surface area contributed by atoms with Gasteiger partial charge in [-0.05, 0) is 23.3 Å². The highest BCUT2D eigenvalue weighted by atomic mass is 16.4. The summed E-state index contributed by atoms with van der Waals surface area (Å²) in [5, 5.41) is 14.7. The second kappa shape index (κ2) is 3.96. The van der Waals surface area contributed by atoms with Crippen LogP contribution in [0.4, 0.5) is 0 Å². The molecule has 0 spiro atoms. The second-order valence-corrected chi connectivity index (χ2v) is 3.19. The van der Waals surface area contributed by atoms with E-state index in [0.29, 0.717) is 6.54 Å². The molecule has 0 N–H and O–H groups in total. The van der Waals surface area contributed by atoms with Crippen molar-refractivity contribution in [3.05, 3.63) is 53.9 Å². The monoisotopic (exact) mass is 201 g/mol. The Morgan fingerprint density at radius 1 is 1.40 bits per heavy atom. The fraction of sp³-hybridized carbons (Fsp3) is 0.0909. The molecule has 0 aliphatic heterocycles. The first-order valence-electron chi connectivity index (χ1n) is 4.53. The van der Waals surface area contributed by atoms with Crippen LogP contribution >= 0.6 is 0 Å². The maximum Gasteiger partial charge on any atom is 0.0715 e. The third-order valence-electron chi connectivity index (χ3n) is 2.07. The molecule has 0 saturated heterocycles. The predicted molar refractivity (Wildman–Crippen MR) is 52.1 cm³/mol. The number of carbonyl (C=O) groups excluding carboxylic acids is 1. The van der Waals surface area contributed by atoms with Gasteiger partial charge in [0.25, 0.3) is 0 Å². The number of aromatic nitrogens is 2. The lowest BCUT2D eigenvalue weighted by Gasteiger charge is -2.05. The van der Waals surface area contributed by atoms with Gasteiger partial charge in [-0.25, -0.2) is 0 Å². The second-order valence-electron chi connectivity index (χ2n) is 3.19. The molecule has 1 heterocycles. The van der Waals surface area contributed by atoms with Crippen molar-refractivity contribution in [2.24, 2.45) is 0 Å². The first-order valence-corrected chi connectivity index (χ1v) is 4.53. The van der Waals surface area contributed by atoms with Crippen LogP contribution < -0.4 is 5.11 Å². The fourth-order valence-electron chi connectivity index (χ4n) is 1.38. The van der Waals surface area contributed by atoms with Crippen molar-refractivity contribution in [2.75, 3.05) is 0 Å². The van der Waals surface area contributed by atoms with Gasteiger partial charge in [0.1, 0.15) is 0 Å².